The van der Waals surface area contributed by atoms with E-state index >= 15 is 0 Å². The van der Waals surface area contributed by atoms with Crippen LogP contribution in [0.5, 0.6) is 0 Å². The largest absolute Gasteiger partial charge is 0.466 e. The van der Waals surface area contributed by atoms with Crippen LogP contribution < -0.4 is 10.5 Å². The van der Waals surface area contributed by atoms with Gasteiger partial charge in [-0.25, -0.2) is 4.68 Å². The van der Waals surface area contributed by atoms with Crippen molar-refractivity contribution in [2.24, 2.45) is 0 Å². The summed E-state index contributed by atoms with van der Waals surface area (Å²) >= 11 is 0. The highest BCUT2D eigenvalue weighted by Gasteiger charge is 2.07. The summed E-state index contributed by atoms with van der Waals surface area (Å²) in [6.45, 7) is 8.04. The number of aryl methyl sites for hydroxylation is 1. The molecule has 0 saturated heterocycles. The van der Waals surface area contributed by atoms with E-state index < -0.39 is 0 Å². The Hall–Kier alpha value is -1.85. The number of aromatic nitrogens is 2. The highest BCUT2D eigenvalue weighted by Crippen LogP contribution is 2.08. The minimum absolute atomic E-state index is 0.158. The zero-order chi connectivity index (χ0) is 14.3. The average molecular weight is 267 g/mol. The Morgan fingerprint density at radius 1 is 1.37 bits per heavy atom. The summed E-state index contributed by atoms with van der Waals surface area (Å²) in [4.78, 5) is 25.1. The molecule has 1 heterocycles. The first kappa shape index (κ1) is 15.2. The quantitative estimate of drug-likeness (QED) is 0.691. The van der Waals surface area contributed by atoms with Crippen molar-refractivity contribution in [3.8, 4) is 0 Å². The molecule has 0 amide bonds. The van der Waals surface area contributed by atoms with E-state index in [0.29, 0.717) is 6.61 Å². The first-order chi connectivity index (χ1) is 9.12. The third kappa shape index (κ3) is 4.39. The van der Waals surface area contributed by atoms with Crippen molar-refractivity contribution in [1.82, 2.24) is 9.78 Å². The van der Waals surface area contributed by atoms with Crippen LogP contribution in [-0.2, 0) is 16.1 Å². The number of hydrogen-bond donors (Lipinski definition) is 0. The number of ether oxygens (including phenoxy) is 1. The van der Waals surface area contributed by atoms with E-state index in [-0.39, 0.29) is 24.5 Å². The number of carbonyl (C=O) groups is 1. The lowest BCUT2D eigenvalue weighted by Crippen LogP contribution is -2.28. The van der Waals surface area contributed by atoms with E-state index in [0.717, 1.165) is 18.8 Å². The van der Waals surface area contributed by atoms with Gasteiger partial charge in [0.15, 0.2) is 0 Å². The first-order valence-electron chi connectivity index (χ1n) is 6.60. The van der Waals surface area contributed by atoms with Gasteiger partial charge >= 0.3 is 5.97 Å². The van der Waals surface area contributed by atoms with Crippen LogP contribution in [0.3, 0.4) is 0 Å². The number of hydrogen-bond acceptors (Lipinski definition) is 5. The van der Waals surface area contributed by atoms with Crippen LogP contribution in [-0.4, -0.2) is 35.4 Å². The fourth-order valence-corrected chi connectivity index (χ4v) is 1.78. The van der Waals surface area contributed by atoms with Crippen LogP contribution in [0.1, 0.15) is 27.2 Å². The zero-order valence-electron chi connectivity index (χ0n) is 11.8. The molecular weight excluding hydrogens is 246 g/mol. The maximum Gasteiger partial charge on any atom is 0.307 e. The van der Waals surface area contributed by atoms with Gasteiger partial charge in [-0.15, -0.1) is 0 Å². The van der Waals surface area contributed by atoms with Gasteiger partial charge < -0.3 is 9.64 Å². The van der Waals surface area contributed by atoms with E-state index in [1.54, 1.807) is 19.2 Å². The van der Waals surface area contributed by atoms with Gasteiger partial charge in [-0.1, -0.05) is 0 Å². The third-order valence-corrected chi connectivity index (χ3v) is 2.82. The van der Waals surface area contributed by atoms with Gasteiger partial charge in [0.1, 0.15) is 0 Å². The Morgan fingerprint density at radius 3 is 2.58 bits per heavy atom. The summed E-state index contributed by atoms with van der Waals surface area (Å²) in [5.41, 5.74) is 0.607. The van der Waals surface area contributed by atoms with E-state index in [1.165, 1.54) is 4.68 Å². The number of nitrogens with zero attached hydrogens (tertiary/aromatic N) is 3. The molecule has 0 saturated carbocycles. The van der Waals surface area contributed by atoms with Crippen molar-refractivity contribution in [3.05, 3.63) is 22.6 Å². The van der Waals surface area contributed by atoms with E-state index in [1.807, 2.05) is 18.7 Å². The molecule has 0 unspecified atom stereocenters. The molecular formula is C13H21N3O3. The second-order valence-electron chi connectivity index (χ2n) is 4.00. The van der Waals surface area contributed by atoms with Crippen molar-refractivity contribution in [1.29, 1.82) is 0 Å². The van der Waals surface area contributed by atoms with E-state index in [4.69, 9.17) is 4.74 Å². The maximum absolute atomic E-state index is 11.9. The minimum atomic E-state index is -0.316. The highest BCUT2D eigenvalue weighted by atomic mass is 16.5. The molecule has 106 valence electrons. The Kier molecular flexibility index (Phi) is 6.05. The molecule has 0 bridgehead atoms. The van der Waals surface area contributed by atoms with Gasteiger partial charge in [-0.3, -0.25) is 9.59 Å². The van der Waals surface area contributed by atoms with Crippen LogP contribution in [0, 0.1) is 0 Å². The summed E-state index contributed by atoms with van der Waals surface area (Å²) in [5.74, 6) is -0.316. The van der Waals surface area contributed by atoms with Gasteiger partial charge in [0.25, 0.3) is 5.56 Å². The van der Waals surface area contributed by atoms with Gasteiger partial charge in [-0.05, 0) is 20.8 Å². The van der Waals surface area contributed by atoms with Crippen LogP contribution in [0.15, 0.2) is 17.1 Å². The third-order valence-electron chi connectivity index (χ3n) is 2.82. The normalized spacial score (nSPS) is 10.3. The molecule has 0 atom stereocenters. The van der Waals surface area contributed by atoms with Crippen LogP contribution >= 0.6 is 0 Å². The number of carbonyl (C=O) groups excluding carboxylic acids is 1. The van der Waals surface area contributed by atoms with Crippen LogP contribution in [0.4, 0.5) is 5.69 Å². The molecule has 6 heteroatoms. The number of anilines is 1. The summed E-state index contributed by atoms with van der Waals surface area (Å²) in [7, 11) is 0. The second kappa shape index (κ2) is 7.56. The molecule has 1 rings (SSSR count). The zero-order valence-corrected chi connectivity index (χ0v) is 11.8. The molecule has 0 aromatic carbocycles. The van der Waals surface area contributed by atoms with Gasteiger partial charge in [0.05, 0.1) is 31.5 Å². The van der Waals surface area contributed by atoms with Gasteiger partial charge in [0, 0.05) is 19.2 Å². The molecule has 1 aromatic heterocycles. The lowest BCUT2D eigenvalue weighted by atomic mass is 10.3. The van der Waals surface area contributed by atoms with Crippen molar-refractivity contribution >= 4 is 11.7 Å². The summed E-state index contributed by atoms with van der Waals surface area (Å²) < 4.78 is 6.09. The molecule has 0 aliphatic rings. The fourth-order valence-electron chi connectivity index (χ4n) is 1.78. The fraction of sp³-hybridized carbons (Fsp3) is 0.615. The predicted molar refractivity (Wildman–Crippen MR) is 73.3 cm³/mol. The topological polar surface area (TPSA) is 64.4 Å². The maximum atomic E-state index is 11.9. The van der Waals surface area contributed by atoms with Crippen molar-refractivity contribution < 1.29 is 9.53 Å². The second-order valence-corrected chi connectivity index (χ2v) is 4.00. The number of rotatable bonds is 7. The molecule has 6 nitrogen and oxygen atoms in total. The van der Waals surface area contributed by atoms with Crippen molar-refractivity contribution in [3.63, 3.8) is 0 Å². The molecule has 0 aliphatic carbocycles. The molecule has 0 spiro atoms. The molecule has 0 fully saturated rings. The molecule has 0 N–H and O–H groups in total. The van der Waals surface area contributed by atoms with Crippen LogP contribution in [0.25, 0.3) is 0 Å². The lowest BCUT2D eigenvalue weighted by Gasteiger charge is -2.20. The summed E-state index contributed by atoms with van der Waals surface area (Å²) in [6, 6.07) is 1.55. The molecule has 19 heavy (non-hydrogen) atoms. The first-order valence-corrected chi connectivity index (χ1v) is 6.60. The Balaban J connectivity index is 2.72. The minimum Gasteiger partial charge on any atom is -0.466 e. The van der Waals surface area contributed by atoms with Gasteiger partial charge in [0.2, 0.25) is 0 Å². The Labute approximate surface area is 113 Å². The summed E-state index contributed by atoms with van der Waals surface area (Å²) in [5, 5.41) is 4.08. The Morgan fingerprint density at radius 2 is 2.05 bits per heavy atom. The smallest absolute Gasteiger partial charge is 0.307 e. The van der Waals surface area contributed by atoms with Crippen molar-refractivity contribution in [2.75, 3.05) is 24.6 Å². The Bertz CT molecular complexity index is 466. The molecule has 1 aromatic rings. The average Bonchev–Trinajstić information content (AvgIpc) is 2.39. The van der Waals surface area contributed by atoms with E-state index in [9.17, 15) is 9.59 Å². The van der Waals surface area contributed by atoms with Crippen LogP contribution in [0.2, 0.25) is 0 Å². The molecule has 0 radical (unpaired) electrons. The highest BCUT2D eigenvalue weighted by molar-refractivity contribution is 5.69. The van der Waals surface area contributed by atoms with Gasteiger partial charge in [-0.2, -0.15) is 5.10 Å². The molecule has 0 aliphatic heterocycles. The monoisotopic (exact) mass is 267 g/mol. The SMILES string of the molecule is CCOC(=O)CCn1ncc(N(CC)CC)cc1=O. The van der Waals surface area contributed by atoms with Crippen molar-refractivity contribution in [2.45, 2.75) is 33.7 Å². The predicted octanol–water partition coefficient (Wildman–Crippen LogP) is 1.04. The lowest BCUT2D eigenvalue weighted by molar-refractivity contribution is -0.143. The standard InChI is InChI=1S/C13H21N3O3/c1-4-15(5-2)11-9-12(17)16(14-10-11)8-7-13(18)19-6-3/h9-10H,4-8H2,1-3H3. The van der Waals surface area contributed by atoms with E-state index in [2.05, 4.69) is 5.10 Å². The summed E-state index contributed by atoms with van der Waals surface area (Å²) in [6.07, 6.45) is 1.81. The number of esters is 1.